The third-order valence-electron chi connectivity index (χ3n) is 2.42. The van der Waals surface area contributed by atoms with E-state index in [0.29, 0.717) is 6.42 Å². The number of nitrogens with zero attached hydrogens (tertiary/aromatic N) is 2. The second-order valence-electron chi connectivity index (χ2n) is 3.88. The third kappa shape index (κ3) is 3.39. The summed E-state index contributed by atoms with van der Waals surface area (Å²) in [6.07, 6.45) is -1.96. The highest BCUT2D eigenvalue weighted by molar-refractivity contribution is 6.12. The van der Waals surface area contributed by atoms with Crippen molar-refractivity contribution in [3.05, 3.63) is 34.9 Å². The molecule has 0 amide bonds. The quantitative estimate of drug-likeness (QED) is 0.464. The first-order valence-electron chi connectivity index (χ1n) is 5.84. The summed E-state index contributed by atoms with van der Waals surface area (Å²) in [4.78, 5) is 23.1. The smallest absolute Gasteiger partial charge is 0.349 e. The van der Waals surface area contributed by atoms with E-state index in [0.717, 1.165) is 12.1 Å². The molecule has 0 saturated carbocycles. The highest BCUT2D eigenvalue weighted by Crippen LogP contribution is 2.15. The van der Waals surface area contributed by atoms with Crippen molar-refractivity contribution in [2.45, 2.75) is 19.5 Å². The van der Waals surface area contributed by atoms with E-state index >= 15 is 0 Å². The minimum absolute atomic E-state index is 0.0189. The lowest BCUT2D eigenvalue weighted by Gasteiger charge is -2.08. The van der Waals surface area contributed by atoms with E-state index in [1.54, 1.807) is 19.1 Å². The van der Waals surface area contributed by atoms with Crippen LogP contribution in [0.15, 0.2) is 18.2 Å². The van der Waals surface area contributed by atoms with E-state index in [1.165, 1.54) is 6.07 Å². The van der Waals surface area contributed by atoms with Crippen molar-refractivity contribution in [2.24, 2.45) is 0 Å². The lowest BCUT2D eigenvalue weighted by Crippen LogP contribution is -2.28. The number of carbonyl (C=O) groups is 2. The summed E-state index contributed by atoms with van der Waals surface area (Å²) >= 11 is 0. The molecule has 6 heteroatoms. The molecule has 0 aliphatic carbocycles. The molecule has 0 N–H and O–H groups in total. The topological polar surface area (TPSA) is 90.9 Å². The number of nitriles is 2. The second-order valence-corrected chi connectivity index (χ2v) is 3.88. The summed E-state index contributed by atoms with van der Waals surface area (Å²) in [5.41, 5.74) is -0.227. The Morgan fingerprint density at radius 1 is 1.35 bits per heavy atom. The van der Waals surface area contributed by atoms with Crippen LogP contribution in [0, 0.1) is 22.7 Å². The van der Waals surface area contributed by atoms with Gasteiger partial charge >= 0.3 is 5.97 Å². The Labute approximate surface area is 115 Å². The van der Waals surface area contributed by atoms with Gasteiger partial charge in [-0.3, -0.25) is 4.79 Å². The number of carbonyl (C=O) groups excluding carboxylic acids is 2. The standard InChI is InChI=1S/C14H11FN2O3/c1-2-5-20-14(19)12(15)13(18)11-4-3-9(7-16)6-10(11)8-17/h3-4,6,12H,2,5H2,1H3. The zero-order chi connectivity index (χ0) is 15.1. The van der Waals surface area contributed by atoms with Crippen molar-refractivity contribution in [3.63, 3.8) is 0 Å². The number of ether oxygens (including phenoxy) is 1. The van der Waals surface area contributed by atoms with E-state index in [9.17, 15) is 14.0 Å². The van der Waals surface area contributed by atoms with Gasteiger partial charge in [-0.1, -0.05) is 6.92 Å². The van der Waals surface area contributed by atoms with Crippen LogP contribution in [0.25, 0.3) is 0 Å². The first-order chi connectivity index (χ1) is 9.54. The Bertz CT molecular complexity index is 614. The van der Waals surface area contributed by atoms with E-state index in [-0.39, 0.29) is 23.3 Å². The molecule has 1 atom stereocenters. The number of alkyl halides is 1. The lowest BCUT2D eigenvalue weighted by molar-refractivity contribution is -0.147. The monoisotopic (exact) mass is 274 g/mol. The van der Waals surface area contributed by atoms with Crippen LogP contribution in [-0.4, -0.2) is 24.5 Å². The molecular weight excluding hydrogens is 263 g/mol. The fraction of sp³-hybridized carbons (Fsp3) is 0.286. The van der Waals surface area contributed by atoms with Gasteiger partial charge in [0.15, 0.2) is 0 Å². The first kappa shape index (κ1) is 15.3. The molecule has 0 aliphatic rings. The van der Waals surface area contributed by atoms with Crippen LogP contribution in [0.5, 0.6) is 0 Å². The Morgan fingerprint density at radius 2 is 2.05 bits per heavy atom. The number of hydrogen-bond acceptors (Lipinski definition) is 5. The van der Waals surface area contributed by atoms with Gasteiger partial charge in [-0.15, -0.1) is 0 Å². The molecule has 5 nitrogen and oxygen atoms in total. The van der Waals surface area contributed by atoms with Gasteiger partial charge in [0.05, 0.1) is 29.9 Å². The molecule has 102 valence electrons. The minimum atomic E-state index is -2.47. The normalized spacial score (nSPS) is 11.0. The maximum Gasteiger partial charge on any atom is 0.349 e. The van der Waals surface area contributed by atoms with Crippen molar-refractivity contribution in [1.29, 1.82) is 10.5 Å². The predicted octanol–water partition coefficient (Wildman–Crippen LogP) is 1.90. The van der Waals surface area contributed by atoms with E-state index in [1.807, 2.05) is 0 Å². The summed E-state index contributed by atoms with van der Waals surface area (Å²) < 4.78 is 18.2. The molecule has 0 aromatic heterocycles. The highest BCUT2D eigenvalue weighted by Gasteiger charge is 2.30. The maximum atomic E-state index is 13.7. The molecule has 20 heavy (non-hydrogen) atoms. The molecule has 1 rings (SSSR count). The molecule has 0 aliphatic heterocycles. The van der Waals surface area contributed by atoms with Gasteiger partial charge in [-0.2, -0.15) is 10.5 Å². The van der Waals surface area contributed by atoms with E-state index in [2.05, 4.69) is 4.74 Å². The maximum absolute atomic E-state index is 13.7. The van der Waals surface area contributed by atoms with E-state index < -0.39 is 17.9 Å². The third-order valence-corrected chi connectivity index (χ3v) is 2.42. The molecule has 1 aromatic carbocycles. The summed E-state index contributed by atoms with van der Waals surface area (Å²) in [7, 11) is 0. The van der Waals surface area contributed by atoms with Crippen LogP contribution in [0.4, 0.5) is 4.39 Å². The lowest BCUT2D eigenvalue weighted by atomic mass is 9.99. The molecule has 1 unspecified atom stereocenters. The Hall–Kier alpha value is -2.73. The predicted molar refractivity (Wildman–Crippen MR) is 66.3 cm³/mol. The number of Topliss-reactive ketones (excluding diaryl/α,β-unsaturated/α-hetero) is 1. The van der Waals surface area contributed by atoms with E-state index in [4.69, 9.17) is 10.5 Å². The molecular formula is C14H11FN2O3. The summed E-state index contributed by atoms with van der Waals surface area (Å²) in [6.45, 7) is 1.75. The molecule has 0 bridgehead atoms. The minimum Gasteiger partial charge on any atom is -0.463 e. The Kier molecular flexibility index (Phi) is 5.37. The highest BCUT2D eigenvalue weighted by atomic mass is 19.1. The fourth-order valence-electron chi connectivity index (χ4n) is 1.44. The number of esters is 1. The summed E-state index contributed by atoms with van der Waals surface area (Å²) in [6, 6.07) is 7.09. The number of hydrogen-bond donors (Lipinski definition) is 0. The van der Waals surface area contributed by atoms with Gasteiger partial charge in [0.25, 0.3) is 6.17 Å². The summed E-state index contributed by atoms with van der Waals surface area (Å²) in [5, 5.41) is 17.6. The number of ketones is 1. The first-order valence-corrected chi connectivity index (χ1v) is 5.84. The van der Waals surface area contributed by atoms with Crippen LogP contribution in [0.3, 0.4) is 0 Å². The number of rotatable bonds is 5. The van der Waals surface area contributed by atoms with Gasteiger partial charge in [-0.25, -0.2) is 9.18 Å². The van der Waals surface area contributed by atoms with Crippen molar-refractivity contribution >= 4 is 11.8 Å². The number of benzene rings is 1. The number of halogens is 1. The largest absolute Gasteiger partial charge is 0.463 e. The van der Waals surface area contributed by atoms with Crippen molar-refractivity contribution in [3.8, 4) is 12.1 Å². The molecule has 0 spiro atoms. The molecule has 0 fully saturated rings. The Morgan fingerprint density at radius 3 is 2.60 bits per heavy atom. The second kappa shape index (κ2) is 7.01. The van der Waals surface area contributed by atoms with Gasteiger partial charge in [0.2, 0.25) is 5.78 Å². The summed E-state index contributed by atoms with van der Waals surface area (Å²) in [5.74, 6) is -2.42. The SMILES string of the molecule is CCCOC(=O)C(F)C(=O)c1ccc(C#N)cc1C#N. The zero-order valence-electron chi connectivity index (χ0n) is 10.7. The van der Waals surface area contributed by atoms with Gasteiger partial charge in [0.1, 0.15) is 0 Å². The molecule has 0 heterocycles. The van der Waals surface area contributed by atoms with Crippen molar-refractivity contribution in [2.75, 3.05) is 6.61 Å². The van der Waals surface area contributed by atoms with Crippen LogP contribution in [-0.2, 0) is 9.53 Å². The van der Waals surface area contributed by atoms with Crippen molar-refractivity contribution in [1.82, 2.24) is 0 Å². The van der Waals surface area contributed by atoms with Crippen LogP contribution in [0.2, 0.25) is 0 Å². The van der Waals surface area contributed by atoms with Crippen LogP contribution in [0.1, 0.15) is 34.8 Å². The van der Waals surface area contributed by atoms with Gasteiger partial charge < -0.3 is 4.74 Å². The van der Waals surface area contributed by atoms with Gasteiger partial charge in [-0.05, 0) is 24.6 Å². The average molecular weight is 274 g/mol. The molecule has 0 saturated heterocycles. The molecule has 1 aromatic rings. The Balaban J connectivity index is 3.01. The molecule has 0 radical (unpaired) electrons. The fourth-order valence-corrected chi connectivity index (χ4v) is 1.44. The van der Waals surface area contributed by atoms with Gasteiger partial charge in [0, 0.05) is 5.56 Å². The van der Waals surface area contributed by atoms with Crippen LogP contribution < -0.4 is 0 Å². The zero-order valence-corrected chi connectivity index (χ0v) is 10.7. The van der Waals surface area contributed by atoms with Crippen molar-refractivity contribution < 1.29 is 18.7 Å². The average Bonchev–Trinajstić information content (AvgIpc) is 2.50. The van der Waals surface area contributed by atoms with Crippen LogP contribution >= 0.6 is 0 Å².